The highest BCUT2D eigenvalue weighted by atomic mass is 19.1. The fourth-order valence-corrected chi connectivity index (χ4v) is 1.36. The van der Waals surface area contributed by atoms with Crippen LogP contribution >= 0.6 is 0 Å². The second-order valence-corrected chi connectivity index (χ2v) is 3.21. The molecule has 1 heterocycles. The topological polar surface area (TPSA) is 80.5 Å². The van der Waals surface area contributed by atoms with Gasteiger partial charge in [0.05, 0.1) is 18.2 Å². The van der Waals surface area contributed by atoms with Crippen LogP contribution in [0.1, 0.15) is 11.1 Å². The summed E-state index contributed by atoms with van der Waals surface area (Å²) in [7, 11) is 0. The molecule has 0 radical (unpaired) electrons. The Balaban J connectivity index is 2.34. The summed E-state index contributed by atoms with van der Waals surface area (Å²) >= 11 is 0. The predicted molar refractivity (Wildman–Crippen MR) is 54.7 cm³/mol. The lowest BCUT2D eigenvalue weighted by Crippen LogP contribution is -2.03. The van der Waals surface area contributed by atoms with E-state index in [4.69, 9.17) is 11.0 Å². The van der Waals surface area contributed by atoms with Gasteiger partial charge in [0.1, 0.15) is 12.1 Å². The quantitative estimate of drug-likeness (QED) is 0.811. The first kappa shape index (κ1) is 10.1. The lowest BCUT2D eigenvalue weighted by Gasteiger charge is -2.03. The first-order valence-corrected chi connectivity index (χ1v) is 4.52. The number of rotatable bonds is 2. The Morgan fingerprint density at radius 2 is 2.31 bits per heavy atom. The number of anilines is 1. The lowest BCUT2D eigenvalue weighted by molar-refractivity contribution is 0.619. The van der Waals surface area contributed by atoms with Crippen LogP contribution in [-0.4, -0.2) is 14.8 Å². The van der Waals surface area contributed by atoms with E-state index < -0.39 is 0 Å². The molecule has 1 aromatic carbocycles. The Morgan fingerprint density at radius 3 is 2.94 bits per heavy atom. The first-order valence-electron chi connectivity index (χ1n) is 4.52. The van der Waals surface area contributed by atoms with E-state index in [1.807, 2.05) is 6.07 Å². The van der Waals surface area contributed by atoms with Gasteiger partial charge >= 0.3 is 0 Å². The number of benzene rings is 1. The van der Waals surface area contributed by atoms with Gasteiger partial charge in [-0.15, -0.1) is 5.10 Å². The maximum absolute atomic E-state index is 13.0. The van der Waals surface area contributed by atoms with Crippen LogP contribution in [0.5, 0.6) is 0 Å². The Morgan fingerprint density at radius 1 is 1.50 bits per heavy atom. The maximum Gasteiger partial charge on any atom is 0.239 e. The summed E-state index contributed by atoms with van der Waals surface area (Å²) in [6, 6.07) is 5.98. The van der Waals surface area contributed by atoms with E-state index >= 15 is 0 Å². The summed E-state index contributed by atoms with van der Waals surface area (Å²) in [5, 5.41) is 12.7. The van der Waals surface area contributed by atoms with E-state index in [-0.39, 0.29) is 18.3 Å². The van der Waals surface area contributed by atoms with E-state index in [0.717, 1.165) is 0 Å². The molecule has 2 N–H and O–H groups in total. The molecule has 0 aliphatic heterocycles. The molecule has 0 saturated heterocycles. The zero-order chi connectivity index (χ0) is 11.5. The molecule has 0 fully saturated rings. The third kappa shape index (κ3) is 1.98. The number of halogens is 1. The summed E-state index contributed by atoms with van der Waals surface area (Å²) in [6.45, 7) is 0.269. The number of nitriles is 1. The first-order chi connectivity index (χ1) is 7.69. The Bertz CT molecular complexity index is 555. The van der Waals surface area contributed by atoms with Gasteiger partial charge in [-0.3, -0.25) is 0 Å². The van der Waals surface area contributed by atoms with Crippen LogP contribution in [0, 0.1) is 17.1 Å². The molecular formula is C10H8FN5. The molecule has 1 aromatic heterocycles. The Labute approximate surface area is 90.9 Å². The van der Waals surface area contributed by atoms with E-state index in [9.17, 15) is 4.39 Å². The van der Waals surface area contributed by atoms with Crippen LogP contribution in [0.4, 0.5) is 10.3 Å². The summed E-state index contributed by atoms with van der Waals surface area (Å²) in [5.74, 6) is -0.239. The van der Waals surface area contributed by atoms with Crippen molar-refractivity contribution in [3.8, 4) is 6.07 Å². The van der Waals surface area contributed by atoms with Crippen molar-refractivity contribution in [3.63, 3.8) is 0 Å². The van der Waals surface area contributed by atoms with Crippen LogP contribution in [0.3, 0.4) is 0 Å². The monoisotopic (exact) mass is 217 g/mol. The average Bonchev–Trinajstić information content (AvgIpc) is 2.64. The van der Waals surface area contributed by atoms with Crippen LogP contribution in [0.2, 0.25) is 0 Å². The molecule has 2 aromatic rings. The summed E-state index contributed by atoms with van der Waals surface area (Å²) in [6.07, 6.45) is 1.43. The predicted octanol–water partition coefficient (Wildman–Crippen LogP) is 0.919. The molecule has 0 spiro atoms. The average molecular weight is 217 g/mol. The number of nitrogens with zero attached hydrogens (tertiary/aromatic N) is 4. The SMILES string of the molecule is N#Cc1ccc(F)cc1Cn1cnc(N)n1. The van der Waals surface area contributed by atoms with E-state index in [1.165, 1.54) is 29.2 Å². The maximum atomic E-state index is 13.0. The highest BCUT2D eigenvalue weighted by Crippen LogP contribution is 2.11. The van der Waals surface area contributed by atoms with Crippen molar-refractivity contribution in [1.29, 1.82) is 5.26 Å². The molecule has 80 valence electrons. The fourth-order valence-electron chi connectivity index (χ4n) is 1.36. The molecule has 5 nitrogen and oxygen atoms in total. The molecule has 0 bridgehead atoms. The van der Waals surface area contributed by atoms with Gasteiger partial charge in [0.25, 0.3) is 0 Å². The van der Waals surface area contributed by atoms with Gasteiger partial charge in [-0.1, -0.05) is 0 Å². The van der Waals surface area contributed by atoms with Gasteiger partial charge < -0.3 is 5.73 Å². The van der Waals surface area contributed by atoms with Crippen molar-refractivity contribution in [2.75, 3.05) is 5.73 Å². The Kier molecular flexibility index (Phi) is 2.52. The smallest absolute Gasteiger partial charge is 0.239 e. The molecule has 0 saturated carbocycles. The van der Waals surface area contributed by atoms with Gasteiger partial charge in [-0.25, -0.2) is 14.1 Å². The van der Waals surface area contributed by atoms with E-state index in [1.54, 1.807) is 0 Å². The summed E-state index contributed by atoms with van der Waals surface area (Å²) < 4.78 is 14.5. The van der Waals surface area contributed by atoms with Crippen molar-refractivity contribution in [2.45, 2.75) is 6.54 Å². The second-order valence-electron chi connectivity index (χ2n) is 3.21. The van der Waals surface area contributed by atoms with Gasteiger partial charge in [0.2, 0.25) is 5.95 Å². The van der Waals surface area contributed by atoms with Crippen LogP contribution in [0.25, 0.3) is 0 Å². The van der Waals surface area contributed by atoms with Gasteiger partial charge in [0, 0.05) is 0 Å². The van der Waals surface area contributed by atoms with Crippen LogP contribution in [0.15, 0.2) is 24.5 Å². The zero-order valence-electron chi connectivity index (χ0n) is 8.26. The molecule has 0 aliphatic rings. The highest BCUT2D eigenvalue weighted by Gasteiger charge is 2.05. The molecule has 0 unspecified atom stereocenters. The minimum atomic E-state index is -0.387. The molecule has 0 amide bonds. The lowest BCUT2D eigenvalue weighted by atomic mass is 10.1. The molecule has 0 atom stereocenters. The van der Waals surface area contributed by atoms with Crippen molar-refractivity contribution < 1.29 is 4.39 Å². The summed E-state index contributed by atoms with van der Waals surface area (Å²) in [5.41, 5.74) is 6.31. The highest BCUT2D eigenvalue weighted by molar-refractivity contribution is 5.37. The van der Waals surface area contributed by atoms with Crippen LogP contribution in [-0.2, 0) is 6.54 Å². The van der Waals surface area contributed by atoms with Crippen molar-refractivity contribution in [2.24, 2.45) is 0 Å². The molecule has 6 heteroatoms. The number of nitrogens with two attached hydrogens (primary N) is 1. The number of nitrogen functional groups attached to an aromatic ring is 1. The van der Waals surface area contributed by atoms with Gasteiger partial charge in [-0.05, 0) is 23.8 Å². The molecule has 2 rings (SSSR count). The minimum absolute atomic E-state index is 0.148. The molecule has 0 aliphatic carbocycles. The van der Waals surface area contributed by atoms with E-state index in [0.29, 0.717) is 11.1 Å². The largest absolute Gasteiger partial charge is 0.367 e. The molecular weight excluding hydrogens is 209 g/mol. The second kappa shape index (κ2) is 3.98. The van der Waals surface area contributed by atoms with Crippen molar-refractivity contribution in [1.82, 2.24) is 14.8 Å². The summed E-state index contributed by atoms with van der Waals surface area (Å²) in [4.78, 5) is 3.74. The number of aromatic nitrogens is 3. The number of hydrogen-bond acceptors (Lipinski definition) is 4. The van der Waals surface area contributed by atoms with Gasteiger partial charge in [0.15, 0.2) is 0 Å². The standard InChI is InChI=1S/C10H8FN5/c11-9-2-1-7(4-12)8(3-9)5-16-6-14-10(13)15-16/h1-3,6H,5H2,(H2,13,15). The number of hydrogen-bond donors (Lipinski definition) is 1. The van der Waals surface area contributed by atoms with Crippen molar-refractivity contribution in [3.05, 3.63) is 41.5 Å². The third-order valence-electron chi connectivity index (χ3n) is 2.07. The fraction of sp³-hybridized carbons (Fsp3) is 0.100. The minimum Gasteiger partial charge on any atom is -0.367 e. The van der Waals surface area contributed by atoms with Crippen molar-refractivity contribution >= 4 is 5.95 Å². The normalized spacial score (nSPS) is 10.0. The Hall–Kier alpha value is -2.42. The molecule has 16 heavy (non-hydrogen) atoms. The zero-order valence-corrected chi connectivity index (χ0v) is 8.26. The van der Waals surface area contributed by atoms with Gasteiger partial charge in [-0.2, -0.15) is 5.26 Å². The third-order valence-corrected chi connectivity index (χ3v) is 2.07. The van der Waals surface area contributed by atoms with Crippen LogP contribution < -0.4 is 5.73 Å². The van der Waals surface area contributed by atoms with E-state index in [2.05, 4.69) is 10.1 Å².